The minimum atomic E-state index is -0.728. The van der Waals surface area contributed by atoms with Gasteiger partial charge in [0, 0.05) is 55.8 Å². The number of amides is 2. The number of hydrogen-bond acceptors (Lipinski definition) is 4. The van der Waals surface area contributed by atoms with Gasteiger partial charge in [0.15, 0.2) is 0 Å². The summed E-state index contributed by atoms with van der Waals surface area (Å²) < 4.78 is 27.2. The Morgan fingerprint density at radius 3 is 2.58 bits per heavy atom. The van der Waals surface area contributed by atoms with Crippen LogP contribution in [0.2, 0.25) is 0 Å². The summed E-state index contributed by atoms with van der Waals surface area (Å²) in [4.78, 5) is 31.2. The molecule has 2 heterocycles. The normalized spacial score (nSPS) is 20.8. The van der Waals surface area contributed by atoms with E-state index in [1.54, 1.807) is 6.08 Å². The molecule has 6 nitrogen and oxygen atoms in total. The molecule has 3 atom stereocenters. The minimum Gasteiger partial charge on any atom is -0.351 e. The highest BCUT2D eigenvalue weighted by molar-refractivity contribution is 5.91. The number of nitrogens with one attached hydrogen (secondary N) is 2. The fourth-order valence-electron chi connectivity index (χ4n) is 6.14. The van der Waals surface area contributed by atoms with Crippen molar-refractivity contribution in [3.63, 3.8) is 0 Å². The molecule has 0 radical (unpaired) electrons. The third-order valence-corrected chi connectivity index (χ3v) is 8.55. The first-order valence-corrected chi connectivity index (χ1v) is 16.1. The zero-order chi connectivity index (χ0) is 32.0. The standard InChI is InChI=1S/C37H46F2N4O2/c1-3-11-28(12-4-2)33(29-13-7-5-8-14-29)27-43-24-19-32(41-35(37(43)45)20-23-42-21-9-6-10-22-42)26-40-36(44)18-16-30-15-17-31(38)25-34(30)39/h3-5,7-8,11-18,25,32-33,35,41H,1,6,9-10,19-24,26-27H2,2H3,(H,40,44)/b12-4-,18-16+,28-11+. The van der Waals surface area contributed by atoms with Crippen molar-refractivity contribution < 1.29 is 18.4 Å². The zero-order valence-electron chi connectivity index (χ0n) is 26.3. The molecule has 2 aliphatic heterocycles. The van der Waals surface area contributed by atoms with Crippen LogP contribution in [0.15, 0.2) is 91.1 Å². The summed E-state index contributed by atoms with van der Waals surface area (Å²) >= 11 is 0. The first-order chi connectivity index (χ1) is 21.9. The first kappa shape index (κ1) is 34.0. The molecular formula is C37H46F2N4O2. The Balaban J connectivity index is 1.49. The van der Waals surface area contributed by atoms with Gasteiger partial charge in [0.1, 0.15) is 11.6 Å². The molecule has 2 amide bonds. The van der Waals surface area contributed by atoms with Gasteiger partial charge in [-0.15, -0.1) is 0 Å². The Morgan fingerprint density at radius 2 is 1.87 bits per heavy atom. The van der Waals surface area contributed by atoms with Gasteiger partial charge in [-0.05, 0) is 75.0 Å². The molecule has 2 aliphatic rings. The van der Waals surface area contributed by atoms with Gasteiger partial charge in [0.2, 0.25) is 11.8 Å². The van der Waals surface area contributed by atoms with E-state index in [-0.39, 0.29) is 35.4 Å². The van der Waals surface area contributed by atoms with Crippen LogP contribution in [0, 0.1) is 11.6 Å². The molecule has 8 heteroatoms. The molecule has 0 aliphatic carbocycles. The highest BCUT2D eigenvalue weighted by atomic mass is 19.1. The van der Waals surface area contributed by atoms with E-state index in [2.05, 4.69) is 40.3 Å². The number of benzene rings is 2. The molecule has 240 valence electrons. The smallest absolute Gasteiger partial charge is 0.244 e. The van der Waals surface area contributed by atoms with Gasteiger partial charge in [-0.25, -0.2) is 8.78 Å². The second kappa shape index (κ2) is 17.6. The fraction of sp³-hybridized carbons (Fsp3) is 0.405. The van der Waals surface area contributed by atoms with Crippen LogP contribution in [0.3, 0.4) is 0 Å². The number of halogens is 2. The maximum atomic E-state index is 14.1. The quantitative estimate of drug-likeness (QED) is 0.214. The Hall–Kier alpha value is -3.88. The third-order valence-electron chi connectivity index (χ3n) is 8.55. The van der Waals surface area contributed by atoms with Crippen LogP contribution in [0.4, 0.5) is 8.78 Å². The average Bonchev–Trinajstić information content (AvgIpc) is 3.19. The monoisotopic (exact) mass is 616 g/mol. The van der Waals surface area contributed by atoms with Crippen LogP contribution in [-0.4, -0.2) is 73.0 Å². The fourth-order valence-corrected chi connectivity index (χ4v) is 6.14. The summed E-state index contributed by atoms with van der Waals surface area (Å²) in [5, 5.41) is 6.47. The van der Waals surface area contributed by atoms with Gasteiger partial charge >= 0.3 is 0 Å². The number of rotatable bonds is 13. The lowest BCUT2D eigenvalue weighted by atomic mass is 9.89. The summed E-state index contributed by atoms with van der Waals surface area (Å²) in [5.74, 6) is -1.73. The Kier molecular flexibility index (Phi) is 13.3. The van der Waals surface area contributed by atoms with E-state index in [9.17, 15) is 18.4 Å². The number of allylic oxidation sites excluding steroid dienone is 4. The predicted molar refractivity (Wildman–Crippen MR) is 177 cm³/mol. The van der Waals surface area contributed by atoms with E-state index in [4.69, 9.17) is 0 Å². The van der Waals surface area contributed by atoms with Crippen molar-refractivity contribution in [3.05, 3.63) is 114 Å². The van der Waals surface area contributed by atoms with E-state index in [0.717, 1.165) is 42.9 Å². The van der Waals surface area contributed by atoms with Crippen molar-refractivity contribution in [3.8, 4) is 0 Å². The molecule has 0 spiro atoms. The summed E-state index contributed by atoms with van der Waals surface area (Å²) in [6, 6.07) is 13.0. The first-order valence-electron chi connectivity index (χ1n) is 16.1. The molecule has 2 aromatic rings. The minimum absolute atomic E-state index is 0.0275. The van der Waals surface area contributed by atoms with E-state index in [1.807, 2.05) is 42.2 Å². The lowest BCUT2D eigenvalue weighted by molar-refractivity contribution is -0.133. The molecule has 3 unspecified atom stereocenters. The van der Waals surface area contributed by atoms with Crippen molar-refractivity contribution in [1.29, 1.82) is 0 Å². The number of likely N-dealkylation sites (tertiary alicyclic amines) is 1. The van der Waals surface area contributed by atoms with Crippen LogP contribution in [0.1, 0.15) is 56.1 Å². The maximum absolute atomic E-state index is 14.1. The molecule has 0 saturated carbocycles. The van der Waals surface area contributed by atoms with E-state index >= 15 is 0 Å². The summed E-state index contributed by atoms with van der Waals surface area (Å²) in [5.41, 5.74) is 2.35. The number of hydrogen-bond donors (Lipinski definition) is 2. The highest BCUT2D eigenvalue weighted by Crippen LogP contribution is 2.28. The molecule has 4 rings (SSSR count). The van der Waals surface area contributed by atoms with Gasteiger partial charge in [-0.3, -0.25) is 9.59 Å². The van der Waals surface area contributed by atoms with Gasteiger partial charge in [0.05, 0.1) is 6.04 Å². The summed E-state index contributed by atoms with van der Waals surface area (Å²) in [6.07, 6.45) is 15.4. The summed E-state index contributed by atoms with van der Waals surface area (Å²) in [7, 11) is 0. The number of carbonyl (C=O) groups is 2. The lowest BCUT2D eigenvalue weighted by Gasteiger charge is -2.31. The number of nitrogens with zero attached hydrogens (tertiary/aromatic N) is 2. The highest BCUT2D eigenvalue weighted by Gasteiger charge is 2.33. The second-order valence-electron chi connectivity index (χ2n) is 11.8. The zero-order valence-corrected chi connectivity index (χ0v) is 26.3. The molecular weight excluding hydrogens is 570 g/mol. The van der Waals surface area contributed by atoms with Crippen molar-refractivity contribution in [1.82, 2.24) is 20.4 Å². The summed E-state index contributed by atoms with van der Waals surface area (Å²) in [6.45, 7) is 10.2. The largest absolute Gasteiger partial charge is 0.351 e. The van der Waals surface area contributed by atoms with Gasteiger partial charge in [-0.1, -0.05) is 67.6 Å². The molecule has 0 aromatic heterocycles. The van der Waals surface area contributed by atoms with Crippen molar-refractivity contribution in [2.24, 2.45) is 0 Å². The number of piperidine rings is 1. The predicted octanol–water partition coefficient (Wildman–Crippen LogP) is 6.00. The van der Waals surface area contributed by atoms with E-state index in [1.165, 1.54) is 37.5 Å². The van der Waals surface area contributed by atoms with Crippen LogP contribution in [0.25, 0.3) is 6.08 Å². The van der Waals surface area contributed by atoms with Crippen LogP contribution < -0.4 is 10.6 Å². The molecule has 2 fully saturated rings. The van der Waals surface area contributed by atoms with Crippen LogP contribution >= 0.6 is 0 Å². The molecule has 45 heavy (non-hydrogen) atoms. The Bertz CT molecular complexity index is 1370. The Labute approximate surface area is 266 Å². The average molecular weight is 617 g/mol. The molecule has 2 N–H and O–H groups in total. The topological polar surface area (TPSA) is 64.7 Å². The van der Waals surface area contributed by atoms with Gasteiger partial charge in [0.25, 0.3) is 0 Å². The molecule has 2 saturated heterocycles. The van der Waals surface area contributed by atoms with Crippen LogP contribution in [-0.2, 0) is 9.59 Å². The lowest BCUT2D eigenvalue weighted by Crippen LogP contribution is -2.50. The Morgan fingerprint density at radius 1 is 1.09 bits per heavy atom. The molecule has 0 bridgehead atoms. The second-order valence-corrected chi connectivity index (χ2v) is 11.8. The molecule has 2 aromatic carbocycles. The van der Waals surface area contributed by atoms with Crippen molar-refractivity contribution in [2.45, 2.75) is 57.0 Å². The third kappa shape index (κ3) is 10.3. The van der Waals surface area contributed by atoms with Gasteiger partial charge in [-0.2, -0.15) is 0 Å². The van der Waals surface area contributed by atoms with E-state index < -0.39 is 11.6 Å². The van der Waals surface area contributed by atoms with Crippen molar-refractivity contribution in [2.75, 3.05) is 39.3 Å². The SMILES string of the molecule is C=C/C=C(\C=C/C)C(CN1CCC(CNC(=O)/C=C/c2ccc(F)cc2F)NC(CCN2CCCCC2)C1=O)c1ccccc1. The van der Waals surface area contributed by atoms with Crippen molar-refractivity contribution >= 4 is 17.9 Å². The number of carbonyl (C=O) groups excluding carboxylic acids is 2. The van der Waals surface area contributed by atoms with Gasteiger partial charge < -0.3 is 20.4 Å². The maximum Gasteiger partial charge on any atom is 0.244 e. The van der Waals surface area contributed by atoms with Crippen LogP contribution in [0.5, 0.6) is 0 Å². The van der Waals surface area contributed by atoms with E-state index in [0.29, 0.717) is 32.5 Å².